The third kappa shape index (κ3) is 2.33. The highest BCUT2D eigenvalue weighted by molar-refractivity contribution is 7.21. The van der Waals surface area contributed by atoms with Crippen LogP contribution in [-0.2, 0) is 6.42 Å². The van der Waals surface area contributed by atoms with E-state index in [0.717, 1.165) is 16.9 Å². The molecule has 0 spiro atoms. The highest BCUT2D eigenvalue weighted by Gasteiger charge is 2.11. The maximum Gasteiger partial charge on any atom is 0.124 e. The van der Waals surface area contributed by atoms with Crippen molar-refractivity contribution in [2.75, 3.05) is 0 Å². The monoisotopic (exact) mass is 339 g/mol. The molecule has 0 amide bonds. The Morgan fingerprint density at radius 1 is 0.840 bits per heavy atom. The van der Waals surface area contributed by atoms with Gasteiger partial charge in [-0.3, -0.25) is 0 Å². The van der Waals surface area contributed by atoms with Crippen LogP contribution in [0.25, 0.3) is 42.3 Å². The Bertz CT molecular complexity index is 1220. The summed E-state index contributed by atoms with van der Waals surface area (Å²) in [7, 11) is 0. The second kappa shape index (κ2) is 5.68. The molecule has 1 heterocycles. The largest absolute Gasteiger partial charge is 0.235 e. The standard InChI is InChI=1S/C23H17NS/c1-2-15-8-9-16-10-11-17-12-13-20-22(21(17)19(16)14-15)24-23(25-20)18-6-4-3-5-7-18/h3-14H,2H2,1H3. The van der Waals surface area contributed by atoms with Crippen molar-refractivity contribution in [2.45, 2.75) is 13.3 Å². The van der Waals surface area contributed by atoms with Gasteiger partial charge >= 0.3 is 0 Å². The molecule has 0 aliphatic heterocycles. The molecule has 0 radical (unpaired) electrons. The lowest BCUT2D eigenvalue weighted by atomic mass is 9.98. The molecule has 0 aliphatic carbocycles. The predicted octanol–water partition coefficient (Wildman–Crippen LogP) is 6.83. The van der Waals surface area contributed by atoms with Gasteiger partial charge in [0.1, 0.15) is 5.01 Å². The molecule has 5 rings (SSSR count). The number of aryl methyl sites for hydroxylation is 1. The Kier molecular flexibility index (Phi) is 3.32. The van der Waals surface area contributed by atoms with E-state index >= 15 is 0 Å². The van der Waals surface area contributed by atoms with Gasteiger partial charge in [0, 0.05) is 10.9 Å². The summed E-state index contributed by atoms with van der Waals surface area (Å²) in [6, 6.07) is 26.1. The summed E-state index contributed by atoms with van der Waals surface area (Å²) in [5, 5.41) is 6.23. The SMILES string of the molecule is CCc1ccc2ccc3ccc4sc(-c5ccccc5)nc4c3c2c1. The lowest BCUT2D eigenvalue weighted by Crippen LogP contribution is -1.84. The van der Waals surface area contributed by atoms with Gasteiger partial charge < -0.3 is 0 Å². The minimum atomic E-state index is 1.05. The Balaban J connectivity index is 1.89. The van der Waals surface area contributed by atoms with Gasteiger partial charge in [0.05, 0.1) is 10.2 Å². The molecule has 0 N–H and O–H groups in total. The van der Waals surface area contributed by atoms with Gasteiger partial charge in [-0.2, -0.15) is 0 Å². The minimum absolute atomic E-state index is 1.05. The fourth-order valence-electron chi connectivity index (χ4n) is 3.50. The molecule has 0 aliphatic rings. The van der Waals surface area contributed by atoms with E-state index in [4.69, 9.17) is 4.98 Å². The number of nitrogens with zero attached hydrogens (tertiary/aromatic N) is 1. The van der Waals surface area contributed by atoms with Crippen molar-refractivity contribution in [3.05, 3.63) is 78.4 Å². The quantitative estimate of drug-likeness (QED) is 0.321. The van der Waals surface area contributed by atoms with Crippen molar-refractivity contribution in [3.63, 3.8) is 0 Å². The zero-order valence-corrected chi connectivity index (χ0v) is 14.8. The smallest absolute Gasteiger partial charge is 0.124 e. The van der Waals surface area contributed by atoms with Gasteiger partial charge in [-0.1, -0.05) is 73.7 Å². The summed E-state index contributed by atoms with van der Waals surface area (Å²) < 4.78 is 1.25. The molecule has 0 unspecified atom stereocenters. The van der Waals surface area contributed by atoms with Crippen molar-refractivity contribution in [1.29, 1.82) is 0 Å². The molecule has 0 saturated carbocycles. The average molecular weight is 339 g/mol. The molecule has 120 valence electrons. The average Bonchev–Trinajstić information content (AvgIpc) is 3.12. The summed E-state index contributed by atoms with van der Waals surface area (Å²) in [5.74, 6) is 0. The molecule has 2 heteroatoms. The van der Waals surface area contributed by atoms with Gasteiger partial charge in [0.15, 0.2) is 0 Å². The molecular weight excluding hydrogens is 322 g/mol. The summed E-state index contributed by atoms with van der Waals surface area (Å²) in [6.45, 7) is 2.21. The lowest BCUT2D eigenvalue weighted by molar-refractivity contribution is 1.15. The lowest BCUT2D eigenvalue weighted by Gasteiger charge is -2.06. The molecule has 0 fully saturated rings. The zero-order valence-electron chi connectivity index (χ0n) is 14.0. The highest BCUT2D eigenvalue weighted by Crippen LogP contribution is 2.37. The van der Waals surface area contributed by atoms with Crippen molar-refractivity contribution < 1.29 is 0 Å². The van der Waals surface area contributed by atoms with Gasteiger partial charge in [0.2, 0.25) is 0 Å². The molecule has 1 aromatic heterocycles. The van der Waals surface area contributed by atoms with Crippen molar-refractivity contribution in [1.82, 2.24) is 4.98 Å². The molecule has 0 atom stereocenters. The Morgan fingerprint density at radius 2 is 1.60 bits per heavy atom. The van der Waals surface area contributed by atoms with Crippen LogP contribution in [0, 0.1) is 0 Å². The molecule has 5 aromatic rings. The highest BCUT2D eigenvalue weighted by atomic mass is 32.1. The van der Waals surface area contributed by atoms with Gasteiger partial charge in [-0.25, -0.2) is 4.98 Å². The molecule has 25 heavy (non-hydrogen) atoms. The Hall–Kier alpha value is -2.71. The number of benzene rings is 4. The first-order valence-corrected chi connectivity index (χ1v) is 9.45. The summed E-state index contributed by atoms with van der Waals surface area (Å²) >= 11 is 1.77. The van der Waals surface area contributed by atoms with Crippen molar-refractivity contribution >= 4 is 43.1 Å². The van der Waals surface area contributed by atoms with Gasteiger partial charge in [0.25, 0.3) is 0 Å². The number of fused-ring (bicyclic) bond motifs is 5. The Labute approximate surface area is 150 Å². The number of aromatic nitrogens is 1. The van der Waals surface area contributed by atoms with E-state index in [2.05, 4.69) is 73.7 Å². The summed E-state index contributed by atoms with van der Waals surface area (Å²) in [4.78, 5) is 5.04. The normalized spacial score (nSPS) is 11.6. The van der Waals surface area contributed by atoms with Gasteiger partial charge in [-0.15, -0.1) is 11.3 Å². The van der Waals surface area contributed by atoms with Crippen LogP contribution in [0.5, 0.6) is 0 Å². The number of hydrogen-bond acceptors (Lipinski definition) is 2. The summed E-state index contributed by atoms with van der Waals surface area (Å²) in [5.41, 5.74) is 3.68. The van der Waals surface area contributed by atoms with Crippen LogP contribution in [0.15, 0.2) is 72.8 Å². The van der Waals surface area contributed by atoms with Crippen LogP contribution in [0.2, 0.25) is 0 Å². The van der Waals surface area contributed by atoms with Crippen LogP contribution < -0.4 is 0 Å². The molecule has 0 saturated heterocycles. The third-order valence-corrected chi connectivity index (χ3v) is 5.92. The van der Waals surface area contributed by atoms with Crippen molar-refractivity contribution in [3.8, 4) is 10.6 Å². The molecule has 4 aromatic carbocycles. The van der Waals surface area contributed by atoms with Crippen LogP contribution in [0.1, 0.15) is 12.5 Å². The summed E-state index contributed by atoms with van der Waals surface area (Å²) in [6.07, 6.45) is 1.05. The molecular formula is C23H17NS. The fourth-order valence-corrected chi connectivity index (χ4v) is 4.48. The number of rotatable bonds is 2. The predicted molar refractivity (Wildman–Crippen MR) is 109 cm³/mol. The minimum Gasteiger partial charge on any atom is -0.235 e. The van der Waals surface area contributed by atoms with E-state index in [1.807, 2.05) is 6.07 Å². The van der Waals surface area contributed by atoms with Crippen LogP contribution in [0.3, 0.4) is 0 Å². The van der Waals surface area contributed by atoms with Gasteiger partial charge in [-0.05, 0) is 34.2 Å². The second-order valence-corrected chi connectivity index (χ2v) is 7.40. The van der Waals surface area contributed by atoms with Crippen LogP contribution in [0.4, 0.5) is 0 Å². The number of hydrogen-bond donors (Lipinski definition) is 0. The fraction of sp³-hybridized carbons (Fsp3) is 0.0870. The second-order valence-electron chi connectivity index (χ2n) is 6.37. The zero-order chi connectivity index (χ0) is 16.8. The topological polar surface area (TPSA) is 12.9 Å². The van der Waals surface area contributed by atoms with E-state index in [1.165, 1.54) is 37.4 Å². The Morgan fingerprint density at radius 3 is 2.44 bits per heavy atom. The third-order valence-electron chi connectivity index (χ3n) is 4.85. The van der Waals surface area contributed by atoms with Crippen LogP contribution in [-0.4, -0.2) is 4.98 Å². The van der Waals surface area contributed by atoms with E-state index in [-0.39, 0.29) is 0 Å². The van der Waals surface area contributed by atoms with Crippen molar-refractivity contribution in [2.24, 2.45) is 0 Å². The maximum absolute atomic E-state index is 5.04. The van der Waals surface area contributed by atoms with E-state index < -0.39 is 0 Å². The first kappa shape index (κ1) is 14.6. The maximum atomic E-state index is 5.04. The molecule has 1 nitrogen and oxygen atoms in total. The van der Waals surface area contributed by atoms with Crippen LogP contribution >= 0.6 is 11.3 Å². The first-order chi connectivity index (χ1) is 12.3. The number of thiazole rings is 1. The molecule has 0 bridgehead atoms. The van der Waals surface area contributed by atoms with E-state index in [1.54, 1.807) is 11.3 Å². The first-order valence-electron chi connectivity index (χ1n) is 8.64. The van der Waals surface area contributed by atoms with E-state index in [0.29, 0.717) is 0 Å². The van der Waals surface area contributed by atoms with E-state index in [9.17, 15) is 0 Å².